The van der Waals surface area contributed by atoms with Gasteiger partial charge in [0.2, 0.25) is 10.0 Å². The summed E-state index contributed by atoms with van der Waals surface area (Å²) in [6, 6.07) is 10.9. The number of halogens is 1. The summed E-state index contributed by atoms with van der Waals surface area (Å²) in [4.78, 5) is 16.7. The zero-order valence-corrected chi connectivity index (χ0v) is 18.9. The molecule has 0 spiro atoms. The van der Waals surface area contributed by atoms with Crippen molar-refractivity contribution in [2.75, 3.05) is 53.4 Å². The number of ether oxygens (including phenoxy) is 1. The lowest BCUT2D eigenvalue weighted by Crippen LogP contribution is -2.49. The third-order valence-electron chi connectivity index (χ3n) is 5.36. The van der Waals surface area contributed by atoms with Gasteiger partial charge in [0, 0.05) is 52.4 Å². The number of carbonyl (C=O) groups is 1. The minimum atomic E-state index is -3.45. The third-order valence-corrected chi connectivity index (χ3v) is 7.19. The van der Waals surface area contributed by atoms with Crippen LogP contribution in [0.4, 0.5) is 4.39 Å². The number of piperazine rings is 1. The molecular weight excluding hydrogens is 421 g/mol. The molecule has 0 aliphatic carbocycles. The highest BCUT2D eigenvalue weighted by Gasteiger charge is 2.22. The van der Waals surface area contributed by atoms with Gasteiger partial charge in [-0.15, -0.1) is 0 Å². The van der Waals surface area contributed by atoms with E-state index in [0.717, 1.165) is 0 Å². The normalized spacial score (nSPS) is 15.3. The lowest BCUT2D eigenvalue weighted by molar-refractivity contribution is 0.0620. The van der Waals surface area contributed by atoms with Crippen molar-refractivity contribution >= 4 is 15.9 Å². The highest BCUT2D eigenvalue weighted by molar-refractivity contribution is 7.89. The van der Waals surface area contributed by atoms with E-state index in [-0.39, 0.29) is 16.6 Å². The second kappa shape index (κ2) is 9.76. The molecule has 1 heterocycles. The molecule has 0 unspecified atom stereocenters. The van der Waals surface area contributed by atoms with Gasteiger partial charge < -0.3 is 9.64 Å². The number of amides is 1. The molecule has 2 aromatic rings. The van der Waals surface area contributed by atoms with Crippen molar-refractivity contribution in [2.24, 2.45) is 0 Å². The highest BCUT2D eigenvalue weighted by atomic mass is 32.2. The van der Waals surface area contributed by atoms with Crippen molar-refractivity contribution in [1.82, 2.24) is 14.1 Å². The molecule has 7 nitrogen and oxygen atoms in total. The zero-order chi connectivity index (χ0) is 22.6. The molecule has 9 heteroatoms. The van der Waals surface area contributed by atoms with E-state index in [1.165, 1.54) is 36.6 Å². The number of rotatable bonds is 7. The van der Waals surface area contributed by atoms with Gasteiger partial charge in [-0.25, -0.2) is 17.1 Å². The van der Waals surface area contributed by atoms with Crippen LogP contribution in [0.3, 0.4) is 0 Å². The van der Waals surface area contributed by atoms with E-state index in [9.17, 15) is 17.6 Å². The molecule has 1 fully saturated rings. The molecule has 168 valence electrons. The smallest absolute Gasteiger partial charge is 0.254 e. The SMILES string of the molecule is Cc1ccc(C(=O)N2CCN(CCOc3ccc(S(=O)(=O)N(C)C)cc3)CC2)cc1F. The summed E-state index contributed by atoms with van der Waals surface area (Å²) in [6.07, 6.45) is 0. The lowest BCUT2D eigenvalue weighted by Gasteiger charge is -2.34. The first-order valence-corrected chi connectivity index (χ1v) is 11.6. The van der Waals surface area contributed by atoms with Gasteiger partial charge in [0.25, 0.3) is 5.91 Å². The summed E-state index contributed by atoms with van der Waals surface area (Å²) in [5.74, 6) is 0.0875. The first kappa shape index (κ1) is 23.2. The Hall–Kier alpha value is -2.49. The van der Waals surface area contributed by atoms with Crippen LogP contribution in [0.1, 0.15) is 15.9 Å². The minimum absolute atomic E-state index is 0.150. The average Bonchev–Trinajstić information content (AvgIpc) is 2.76. The van der Waals surface area contributed by atoms with Crippen molar-refractivity contribution in [3.8, 4) is 5.75 Å². The second-order valence-corrected chi connectivity index (χ2v) is 9.86. The van der Waals surface area contributed by atoms with Crippen LogP contribution in [0.25, 0.3) is 0 Å². The highest BCUT2D eigenvalue weighted by Crippen LogP contribution is 2.18. The van der Waals surface area contributed by atoms with E-state index in [1.54, 1.807) is 36.1 Å². The van der Waals surface area contributed by atoms with Crippen molar-refractivity contribution < 1.29 is 22.3 Å². The quantitative estimate of drug-likeness (QED) is 0.648. The number of hydrogen-bond acceptors (Lipinski definition) is 5. The zero-order valence-electron chi connectivity index (χ0n) is 18.0. The Morgan fingerprint density at radius 1 is 1.06 bits per heavy atom. The Morgan fingerprint density at radius 3 is 2.29 bits per heavy atom. The molecule has 3 rings (SSSR count). The van der Waals surface area contributed by atoms with Crippen LogP contribution >= 0.6 is 0 Å². The van der Waals surface area contributed by atoms with Gasteiger partial charge in [-0.3, -0.25) is 9.69 Å². The van der Waals surface area contributed by atoms with Gasteiger partial charge in [-0.05, 0) is 48.9 Å². The molecule has 1 aliphatic heterocycles. The van der Waals surface area contributed by atoms with Gasteiger partial charge in [0.15, 0.2) is 0 Å². The van der Waals surface area contributed by atoms with Gasteiger partial charge in [0.1, 0.15) is 18.2 Å². The van der Waals surface area contributed by atoms with Crippen LogP contribution in [0, 0.1) is 12.7 Å². The van der Waals surface area contributed by atoms with Crippen LogP contribution < -0.4 is 4.74 Å². The Bertz CT molecular complexity index is 1020. The maximum Gasteiger partial charge on any atom is 0.254 e. The summed E-state index contributed by atoms with van der Waals surface area (Å²) in [5.41, 5.74) is 0.898. The van der Waals surface area contributed by atoms with E-state index < -0.39 is 10.0 Å². The fourth-order valence-corrected chi connectivity index (χ4v) is 4.20. The van der Waals surface area contributed by atoms with E-state index in [2.05, 4.69) is 4.90 Å². The molecule has 1 aliphatic rings. The molecule has 2 aromatic carbocycles. The molecule has 31 heavy (non-hydrogen) atoms. The van der Waals surface area contributed by atoms with Crippen LogP contribution in [0.2, 0.25) is 0 Å². The summed E-state index contributed by atoms with van der Waals surface area (Å²) >= 11 is 0. The Balaban J connectivity index is 1.44. The Kier molecular flexibility index (Phi) is 7.30. The Morgan fingerprint density at radius 2 is 1.71 bits per heavy atom. The van der Waals surface area contributed by atoms with Gasteiger partial charge >= 0.3 is 0 Å². The predicted octanol–water partition coefficient (Wildman–Crippen LogP) is 2.22. The molecule has 0 N–H and O–H groups in total. The van der Waals surface area contributed by atoms with Crippen LogP contribution in [0.15, 0.2) is 47.4 Å². The number of carbonyl (C=O) groups excluding carboxylic acids is 1. The Labute approximate surface area is 183 Å². The maximum absolute atomic E-state index is 13.7. The van der Waals surface area contributed by atoms with Gasteiger partial charge in [-0.1, -0.05) is 6.07 Å². The molecular formula is C22H28FN3O4S. The fraction of sp³-hybridized carbons (Fsp3) is 0.409. The summed E-state index contributed by atoms with van der Waals surface area (Å²) in [6.45, 7) is 5.39. The summed E-state index contributed by atoms with van der Waals surface area (Å²) in [7, 11) is -0.467. The number of sulfonamides is 1. The van der Waals surface area contributed by atoms with Crippen LogP contribution in [-0.2, 0) is 10.0 Å². The largest absolute Gasteiger partial charge is 0.492 e. The molecule has 0 atom stereocenters. The molecule has 0 aromatic heterocycles. The van der Waals surface area contributed by atoms with Crippen molar-refractivity contribution in [3.05, 3.63) is 59.4 Å². The first-order valence-electron chi connectivity index (χ1n) is 10.1. The molecule has 0 bridgehead atoms. The maximum atomic E-state index is 13.7. The summed E-state index contributed by atoms with van der Waals surface area (Å²) in [5, 5.41) is 0. The third kappa shape index (κ3) is 5.61. The predicted molar refractivity (Wildman–Crippen MR) is 116 cm³/mol. The van der Waals surface area contributed by atoms with E-state index in [0.29, 0.717) is 56.2 Å². The van der Waals surface area contributed by atoms with Crippen LogP contribution in [0.5, 0.6) is 5.75 Å². The number of nitrogens with zero attached hydrogens (tertiary/aromatic N) is 3. The molecule has 1 saturated heterocycles. The topological polar surface area (TPSA) is 70.2 Å². The monoisotopic (exact) mass is 449 g/mol. The van der Waals surface area contributed by atoms with E-state index >= 15 is 0 Å². The molecule has 1 amide bonds. The van der Waals surface area contributed by atoms with Gasteiger partial charge in [-0.2, -0.15) is 0 Å². The van der Waals surface area contributed by atoms with E-state index in [4.69, 9.17) is 4.74 Å². The lowest BCUT2D eigenvalue weighted by atomic mass is 10.1. The van der Waals surface area contributed by atoms with E-state index in [1.807, 2.05) is 0 Å². The first-order chi connectivity index (χ1) is 14.7. The minimum Gasteiger partial charge on any atom is -0.492 e. The van der Waals surface area contributed by atoms with Crippen molar-refractivity contribution in [3.63, 3.8) is 0 Å². The summed E-state index contributed by atoms with van der Waals surface area (Å²) < 4.78 is 44.8. The van der Waals surface area contributed by atoms with Crippen LogP contribution in [-0.4, -0.2) is 81.9 Å². The number of aryl methyl sites for hydroxylation is 1. The second-order valence-electron chi connectivity index (χ2n) is 7.71. The number of hydrogen-bond donors (Lipinski definition) is 0. The van der Waals surface area contributed by atoms with Crippen molar-refractivity contribution in [2.45, 2.75) is 11.8 Å². The molecule has 0 saturated carbocycles. The fourth-order valence-electron chi connectivity index (χ4n) is 3.29. The number of benzene rings is 2. The molecule has 0 radical (unpaired) electrons. The van der Waals surface area contributed by atoms with Crippen molar-refractivity contribution in [1.29, 1.82) is 0 Å². The standard InChI is InChI=1S/C22H28FN3O4S/c1-17-4-5-18(16-21(17)23)22(27)26-12-10-25(11-13-26)14-15-30-19-6-8-20(9-7-19)31(28,29)24(2)3/h4-9,16H,10-15H2,1-3H3. The van der Waals surface area contributed by atoms with Gasteiger partial charge in [0.05, 0.1) is 4.90 Å². The average molecular weight is 450 g/mol.